The normalized spacial score (nSPS) is 14.2. The van der Waals surface area contributed by atoms with Gasteiger partial charge in [-0.05, 0) is 22.3 Å². The van der Waals surface area contributed by atoms with E-state index in [0.717, 1.165) is 22.3 Å². The van der Waals surface area contributed by atoms with Gasteiger partial charge in [-0.15, -0.1) is 0 Å². The molecular weight excluding hydrogens is 263 g/mol. The van der Waals surface area contributed by atoms with Gasteiger partial charge < -0.3 is 9.79 Å². The van der Waals surface area contributed by atoms with Gasteiger partial charge in [0.05, 0.1) is 6.61 Å². The molecule has 0 bridgehead atoms. The van der Waals surface area contributed by atoms with Crippen LogP contribution in [-0.2, 0) is 9.09 Å². The summed E-state index contributed by atoms with van der Waals surface area (Å²) < 4.78 is 15.6. The molecule has 0 saturated carbocycles. The Labute approximate surface area is 110 Å². The number of hydrogen-bond donors (Lipinski definition) is 2. The lowest BCUT2D eigenvalue weighted by Gasteiger charge is -2.14. The number of phosphoric ester groups is 1. The zero-order valence-electron chi connectivity index (χ0n) is 10.1. The first-order chi connectivity index (χ1) is 9.06. The van der Waals surface area contributed by atoms with E-state index in [9.17, 15) is 4.57 Å². The largest absolute Gasteiger partial charge is 0.469 e. The second kappa shape index (κ2) is 4.58. The molecule has 0 aliphatic heterocycles. The van der Waals surface area contributed by atoms with Gasteiger partial charge in [-0.2, -0.15) is 0 Å². The zero-order chi connectivity index (χ0) is 13.5. The Kier molecular flexibility index (Phi) is 3.03. The van der Waals surface area contributed by atoms with Crippen molar-refractivity contribution >= 4 is 7.82 Å². The van der Waals surface area contributed by atoms with Gasteiger partial charge in [0, 0.05) is 5.92 Å². The molecule has 0 unspecified atom stereocenters. The van der Waals surface area contributed by atoms with Crippen molar-refractivity contribution in [1.29, 1.82) is 0 Å². The minimum absolute atomic E-state index is 0.0156. The van der Waals surface area contributed by atoms with Crippen LogP contribution in [-0.4, -0.2) is 16.4 Å². The van der Waals surface area contributed by atoms with Crippen LogP contribution >= 0.6 is 7.82 Å². The Bertz CT molecular complexity index is 617. The van der Waals surface area contributed by atoms with E-state index in [4.69, 9.17) is 14.3 Å². The third kappa shape index (κ3) is 2.36. The van der Waals surface area contributed by atoms with E-state index in [1.807, 2.05) is 48.5 Å². The molecule has 1 aliphatic rings. The van der Waals surface area contributed by atoms with E-state index in [1.54, 1.807) is 0 Å². The van der Waals surface area contributed by atoms with Gasteiger partial charge in [-0.25, -0.2) is 4.57 Å². The molecule has 0 atom stereocenters. The quantitative estimate of drug-likeness (QED) is 0.846. The Balaban J connectivity index is 2.03. The van der Waals surface area contributed by atoms with Crippen LogP contribution < -0.4 is 0 Å². The van der Waals surface area contributed by atoms with Crippen LogP contribution in [0.1, 0.15) is 17.0 Å². The van der Waals surface area contributed by atoms with Crippen LogP contribution in [0.2, 0.25) is 0 Å². The topological polar surface area (TPSA) is 66.8 Å². The lowest BCUT2D eigenvalue weighted by Crippen LogP contribution is -2.05. The summed E-state index contributed by atoms with van der Waals surface area (Å²) in [6, 6.07) is 15.8. The summed E-state index contributed by atoms with van der Waals surface area (Å²) >= 11 is 0. The number of fused-ring (bicyclic) bond motifs is 3. The minimum atomic E-state index is -4.44. The van der Waals surface area contributed by atoms with E-state index in [2.05, 4.69) is 0 Å². The van der Waals surface area contributed by atoms with Crippen molar-refractivity contribution in [3.05, 3.63) is 59.7 Å². The first-order valence-corrected chi connectivity index (χ1v) is 7.47. The van der Waals surface area contributed by atoms with Gasteiger partial charge in [0.25, 0.3) is 0 Å². The highest BCUT2D eigenvalue weighted by molar-refractivity contribution is 7.46. The van der Waals surface area contributed by atoms with Crippen LogP contribution in [0.3, 0.4) is 0 Å². The van der Waals surface area contributed by atoms with E-state index >= 15 is 0 Å². The summed E-state index contributed by atoms with van der Waals surface area (Å²) in [5.74, 6) is -0.125. The predicted molar refractivity (Wildman–Crippen MR) is 71.7 cm³/mol. The molecule has 0 saturated heterocycles. The fraction of sp³-hybridized carbons (Fsp3) is 0.143. The lowest BCUT2D eigenvalue weighted by atomic mass is 9.98. The first kappa shape index (κ1) is 12.6. The Morgan fingerprint density at radius 2 is 1.42 bits per heavy atom. The maximum Gasteiger partial charge on any atom is 0.469 e. The second-order valence-electron chi connectivity index (χ2n) is 4.51. The Morgan fingerprint density at radius 1 is 0.947 bits per heavy atom. The van der Waals surface area contributed by atoms with E-state index < -0.39 is 7.82 Å². The molecule has 3 rings (SSSR count). The zero-order valence-corrected chi connectivity index (χ0v) is 11.0. The minimum Gasteiger partial charge on any atom is -0.303 e. The fourth-order valence-corrected chi connectivity index (χ4v) is 2.95. The molecule has 0 heterocycles. The maximum absolute atomic E-state index is 10.9. The van der Waals surface area contributed by atoms with Gasteiger partial charge in [0.15, 0.2) is 0 Å². The average Bonchev–Trinajstić information content (AvgIpc) is 2.70. The molecule has 0 fully saturated rings. The van der Waals surface area contributed by atoms with E-state index in [-0.39, 0.29) is 12.5 Å². The highest BCUT2D eigenvalue weighted by Crippen LogP contribution is 2.47. The summed E-state index contributed by atoms with van der Waals surface area (Å²) in [6.45, 7) is -0.0156. The van der Waals surface area contributed by atoms with Crippen molar-refractivity contribution in [2.24, 2.45) is 0 Å². The monoisotopic (exact) mass is 276 g/mol. The Morgan fingerprint density at radius 3 is 1.89 bits per heavy atom. The van der Waals surface area contributed by atoms with Crippen LogP contribution in [0, 0.1) is 0 Å². The smallest absolute Gasteiger partial charge is 0.303 e. The molecule has 1 aliphatic carbocycles. The van der Waals surface area contributed by atoms with E-state index in [0.29, 0.717) is 0 Å². The molecule has 2 aromatic rings. The molecule has 0 aromatic heterocycles. The maximum atomic E-state index is 10.9. The van der Waals surface area contributed by atoms with Crippen LogP contribution in [0.5, 0.6) is 0 Å². The summed E-state index contributed by atoms with van der Waals surface area (Å²) in [5, 5.41) is 0. The van der Waals surface area contributed by atoms with Crippen molar-refractivity contribution in [3.8, 4) is 11.1 Å². The van der Waals surface area contributed by atoms with E-state index in [1.165, 1.54) is 0 Å². The van der Waals surface area contributed by atoms with Crippen LogP contribution in [0.4, 0.5) is 0 Å². The predicted octanol–water partition coefficient (Wildman–Crippen LogP) is 2.91. The van der Waals surface area contributed by atoms with Crippen molar-refractivity contribution < 1.29 is 18.9 Å². The molecule has 2 N–H and O–H groups in total. The average molecular weight is 276 g/mol. The fourth-order valence-electron chi connectivity index (χ4n) is 2.61. The standard InChI is InChI=1S/C14H13O4P/c15-19(16,17)18-9-14-12-7-3-1-5-10(12)11-6-2-4-8-13(11)14/h1-8,14H,9H2,(H2,15,16,17). The van der Waals surface area contributed by atoms with Crippen LogP contribution in [0.25, 0.3) is 11.1 Å². The molecule has 0 radical (unpaired) electrons. The first-order valence-electron chi connectivity index (χ1n) is 5.94. The molecular formula is C14H13O4P. The summed E-state index contributed by atoms with van der Waals surface area (Å²) in [4.78, 5) is 17.7. The number of phosphoric acid groups is 1. The van der Waals surface area contributed by atoms with Crippen molar-refractivity contribution in [3.63, 3.8) is 0 Å². The van der Waals surface area contributed by atoms with Gasteiger partial charge in [-0.3, -0.25) is 4.52 Å². The summed E-state index contributed by atoms with van der Waals surface area (Å²) in [6.07, 6.45) is 0. The van der Waals surface area contributed by atoms with Gasteiger partial charge in [-0.1, -0.05) is 48.5 Å². The van der Waals surface area contributed by atoms with Gasteiger partial charge >= 0.3 is 7.82 Å². The molecule has 0 amide bonds. The lowest BCUT2D eigenvalue weighted by molar-refractivity contribution is 0.192. The highest BCUT2D eigenvalue weighted by Gasteiger charge is 2.30. The molecule has 5 heteroatoms. The van der Waals surface area contributed by atoms with Crippen molar-refractivity contribution in [2.45, 2.75) is 5.92 Å². The molecule has 19 heavy (non-hydrogen) atoms. The summed E-state index contributed by atoms with van der Waals surface area (Å²) in [5.41, 5.74) is 4.32. The third-order valence-corrected chi connectivity index (χ3v) is 3.86. The molecule has 98 valence electrons. The Hall–Kier alpha value is -1.45. The number of benzene rings is 2. The molecule has 4 nitrogen and oxygen atoms in total. The van der Waals surface area contributed by atoms with Gasteiger partial charge in [0.1, 0.15) is 0 Å². The second-order valence-corrected chi connectivity index (χ2v) is 5.75. The number of rotatable bonds is 3. The third-order valence-electron chi connectivity index (χ3n) is 3.37. The van der Waals surface area contributed by atoms with Gasteiger partial charge in [0.2, 0.25) is 0 Å². The van der Waals surface area contributed by atoms with Crippen molar-refractivity contribution in [1.82, 2.24) is 0 Å². The molecule has 0 spiro atoms. The number of hydrogen-bond acceptors (Lipinski definition) is 2. The van der Waals surface area contributed by atoms with Crippen molar-refractivity contribution in [2.75, 3.05) is 6.61 Å². The summed E-state index contributed by atoms with van der Waals surface area (Å²) in [7, 11) is -4.44. The SMILES string of the molecule is O=P(O)(O)OCC1c2ccccc2-c2ccccc21. The molecule has 2 aromatic carbocycles. The van der Waals surface area contributed by atoms with Crippen LogP contribution in [0.15, 0.2) is 48.5 Å². The highest BCUT2D eigenvalue weighted by atomic mass is 31.2.